The molecule has 0 radical (unpaired) electrons. The maximum absolute atomic E-state index is 13.2. The minimum absolute atomic E-state index is 0.0579. The summed E-state index contributed by atoms with van der Waals surface area (Å²) in [6.07, 6.45) is 15.7. The number of hydrogen-bond acceptors (Lipinski definition) is 11. The summed E-state index contributed by atoms with van der Waals surface area (Å²) in [5, 5.41) is 48.2. The summed E-state index contributed by atoms with van der Waals surface area (Å²) in [6.45, 7) is 3.19. The molecule has 10 unspecified atom stereocenters. The lowest BCUT2D eigenvalue weighted by molar-refractivity contribution is -0.122. The van der Waals surface area contributed by atoms with Gasteiger partial charge in [-0.25, -0.2) is 0 Å². The average molecular weight is 795 g/mol. The molecule has 10 rings (SSSR count). The predicted molar refractivity (Wildman–Crippen MR) is 221 cm³/mol. The zero-order chi connectivity index (χ0) is 40.6. The number of aryl methyl sites for hydroxylation is 1. The van der Waals surface area contributed by atoms with Gasteiger partial charge in [-0.3, -0.25) is 15.1 Å². The van der Waals surface area contributed by atoms with Crippen LogP contribution >= 0.6 is 0 Å². The highest BCUT2D eigenvalue weighted by atomic mass is 16.5. The minimum atomic E-state index is -1.09. The number of phenols is 1. The summed E-state index contributed by atoms with van der Waals surface area (Å²) in [4.78, 5) is 20.3. The topological polar surface area (TPSA) is 170 Å². The molecule has 0 aromatic heterocycles. The number of ketones is 1. The molecule has 11 heteroatoms. The van der Waals surface area contributed by atoms with Gasteiger partial charge in [0.2, 0.25) is 0 Å². The van der Waals surface area contributed by atoms with Gasteiger partial charge < -0.3 is 40.5 Å². The van der Waals surface area contributed by atoms with E-state index >= 15 is 0 Å². The first-order valence-corrected chi connectivity index (χ1v) is 21.1. The van der Waals surface area contributed by atoms with Gasteiger partial charge in [-0.05, 0) is 71.1 Å². The number of aliphatic hydroxyl groups is 3. The first-order valence-electron chi connectivity index (χ1n) is 21.1. The first-order chi connectivity index (χ1) is 28.6. The van der Waals surface area contributed by atoms with Crippen LogP contribution in [0.3, 0.4) is 0 Å². The molecule has 8 aliphatic rings. The lowest BCUT2D eigenvalue weighted by atomic mass is 9.71. The number of nitrogens with two attached hydrogens (primary N) is 1. The molecule has 2 aromatic rings. The number of fused-ring (bicyclic) bond motifs is 6. The second-order valence-electron chi connectivity index (χ2n) is 17.7. The van der Waals surface area contributed by atoms with Crippen LogP contribution in [0.4, 0.5) is 0 Å². The van der Waals surface area contributed by atoms with Crippen LogP contribution in [0.5, 0.6) is 17.2 Å². The number of aliphatic hydroxyl groups excluding tert-OH is 3. The molecule has 7 N–H and O–H groups in total. The fourth-order valence-corrected chi connectivity index (χ4v) is 10.7. The van der Waals surface area contributed by atoms with Crippen LogP contribution in [0.1, 0.15) is 104 Å². The highest BCUT2D eigenvalue weighted by molar-refractivity contribution is 6.10. The average Bonchev–Trinajstić information content (AvgIpc) is 3.96. The van der Waals surface area contributed by atoms with Gasteiger partial charge in [-0.15, -0.1) is 0 Å². The number of ether oxygens (including phenoxy) is 2. The Kier molecular flexibility index (Phi) is 9.58. The van der Waals surface area contributed by atoms with Crippen molar-refractivity contribution in [1.82, 2.24) is 10.2 Å². The van der Waals surface area contributed by atoms with Crippen LogP contribution in [-0.4, -0.2) is 68.3 Å². The molecule has 2 aromatic carbocycles. The number of carbonyl (C=O) groups excluding carboxylic acids is 1. The van der Waals surface area contributed by atoms with E-state index in [0.29, 0.717) is 30.8 Å². The smallest absolute Gasteiger partial charge is 0.187 e. The molecule has 3 aliphatic carbocycles. The van der Waals surface area contributed by atoms with E-state index in [1.54, 1.807) is 6.07 Å². The van der Waals surface area contributed by atoms with Crippen LogP contribution < -0.4 is 20.5 Å². The molecule has 2 bridgehead atoms. The Morgan fingerprint density at radius 1 is 1.08 bits per heavy atom. The van der Waals surface area contributed by atoms with Gasteiger partial charge in [-0.1, -0.05) is 74.0 Å². The minimum Gasteiger partial charge on any atom is -0.508 e. The normalized spacial score (nSPS) is 31.9. The van der Waals surface area contributed by atoms with Crippen molar-refractivity contribution < 1.29 is 34.7 Å². The number of allylic oxidation sites excluding steroid dienone is 3. The number of hydrogen-bond donors (Lipinski definition) is 6. The fourth-order valence-electron chi connectivity index (χ4n) is 10.7. The molecule has 0 saturated heterocycles. The van der Waals surface area contributed by atoms with Crippen molar-refractivity contribution in [2.75, 3.05) is 13.1 Å². The highest BCUT2D eigenvalue weighted by Gasteiger charge is 2.49. The Morgan fingerprint density at radius 3 is 2.75 bits per heavy atom. The number of phenolic OH excluding ortho intramolecular Hbond substituents is 1. The SMILES string of the molecule is CC1C=CC(C(O)CC(=O)CCc2cc3c(cc2O)OC#CC2(CCCC2)C2C#CC(O)c4ccc5c6c4C(C=CC6CNC5N)C4=CN=C5CN(C=C45)C2O3)C(O)C1. The Bertz CT molecular complexity index is 2390. The zero-order valence-corrected chi connectivity index (χ0v) is 33.1. The van der Waals surface area contributed by atoms with Crippen molar-refractivity contribution in [3.63, 3.8) is 0 Å². The van der Waals surface area contributed by atoms with Gasteiger partial charge in [0.15, 0.2) is 17.7 Å². The van der Waals surface area contributed by atoms with Crippen molar-refractivity contribution in [3.8, 4) is 41.1 Å². The second kappa shape index (κ2) is 14.8. The third-order valence-electron chi connectivity index (χ3n) is 13.9. The van der Waals surface area contributed by atoms with Crippen molar-refractivity contribution in [2.45, 2.75) is 101 Å². The van der Waals surface area contributed by atoms with Crippen molar-refractivity contribution in [3.05, 3.63) is 99.9 Å². The maximum atomic E-state index is 13.2. The molecule has 11 nitrogen and oxygen atoms in total. The summed E-state index contributed by atoms with van der Waals surface area (Å²) < 4.78 is 13.2. The summed E-state index contributed by atoms with van der Waals surface area (Å²) >= 11 is 0. The van der Waals surface area contributed by atoms with Crippen LogP contribution in [0.25, 0.3) is 0 Å². The molecule has 5 heterocycles. The molecule has 0 amide bonds. The highest BCUT2D eigenvalue weighted by Crippen LogP contribution is 2.52. The number of aliphatic imine (C=N–C) groups is 1. The molecule has 10 atom stereocenters. The molecule has 304 valence electrons. The molecular formula is C48H50N4O7. The monoisotopic (exact) mass is 794 g/mol. The molecule has 5 aliphatic heterocycles. The van der Waals surface area contributed by atoms with Crippen LogP contribution in [0.2, 0.25) is 0 Å². The molecule has 59 heavy (non-hydrogen) atoms. The van der Waals surface area contributed by atoms with Crippen molar-refractivity contribution >= 4 is 11.5 Å². The summed E-state index contributed by atoms with van der Waals surface area (Å²) in [7, 11) is 0. The molecule has 1 spiro atoms. The number of benzene rings is 2. The van der Waals surface area contributed by atoms with Crippen molar-refractivity contribution in [1.29, 1.82) is 0 Å². The van der Waals surface area contributed by atoms with E-state index in [-0.39, 0.29) is 60.5 Å². The van der Waals surface area contributed by atoms with E-state index in [0.717, 1.165) is 64.8 Å². The van der Waals surface area contributed by atoms with E-state index in [9.17, 15) is 25.2 Å². The number of Topliss-reactive ketones (excluding diaryl/α,β-unsaturated/α-hetero) is 1. The van der Waals surface area contributed by atoms with Gasteiger partial charge in [0.1, 0.15) is 23.7 Å². The van der Waals surface area contributed by atoms with E-state index < -0.39 is 41.8 Å². The summed E-state index contributed by atoms with van der Waals surface area (Å²) in [5.74, 6) is 9.90. The van der Waals surface area contributed by atoms with E-state index in [4.69, 9.17) is 20.2 Å². The fraction of sp³-hybridized carbons (Fsp3) is 0.458. The number of aromatic hydroxyl groups is 1. The van der Waals surface area contributed by atoms with E-state index in [2.05, 4.69) is 52.4 Å². The summed E-state index contributed by atoms with van der Waals surface area (Å²) in [5.41, 5.74) is 13.5. The van der Waals surface area contributed by atoms with Gasteiger partial charge in [0.25, 0.3) is 0 Å². The van der Waals surface area contributed by atoms with E-state index in [1.165, 1.54) is 6.07 Å². The Hall–Kier alpha value is -5.14. The van der Waals surface area contributed by atoms with Crippen LogP contribution in [0, 0.1) is 47.0 Å². The Balaban J connectivity index is 1.02. The zero-order valence-electron chi connectivity index (χ0n) is 33.1. The molecule has 1 saturated carbocycles. The van der Waals surface area contributed by atoms with Gasteiger partial charge in [-0.2, -0.15) is 0 Å². The number of nitrogens with zero attached hydrogens (tertiary/aromatic N) is 2. The second-order valence-corrected chi connectivity index (χ2v) is 17.7. The van der Waals surface area contributed by atoms with Crippen LogP contribution in [-0.2, 0) is 11.2 Å². The largest absolute Gasteiger partial charge is 0.508 e. The number of nitrogens with one attached hydrogen (secondary N) is 1. The first kappa shape index (κ1) is 38.1. The number of rotatable bonds is 6. The number of carbonyl (C=O) groups is 1. The van der Waals surface area contributed by atoms with Gasteiger partial charge >= 0.3 is 0 Å². The van der Waals surface area contributed by atoms with Gasteiger partial charge in [0.05, 0.1) is 42.0 Å². The third kappa shape index (κ3) is 6.61. The van der Waals surface area contributed by atoms with E-state index in [1.807, 2.05) is 37.4 Å². The molecule has 1 fully saturated rings. The standard InChI is InChI=1S/C48H50N4O7/c1-26-4-8-31(40(56)18-26)41(57)20-29(53)7-5-27-19-43-42(21-39(27)55)58-17-16-48(14-2-3-15-48)36-12-13-38(54)32-10-11-33-44-28(22-51-46(33)49)6-9-30(45(32)44)34-23-50-37-25-52(24-35(34)37)47(36)59-43/h4,6,8-11,19,21,23-24,26,28,30-31,36,38,40-41,46-47,51,54-57H,2-3,5,7,14-15,18,20,22,25,49H2,1H3. The lowest BCUT2D eigenvalue weighted by Gasteiger charge is -2.39. The predicted octanol–water partition coefficient (Wildman–Crippen LogP) is 5.04. The summed E-state index contributed by atoms with van der Waals surface area (Å²) in [6, 6.07) is 7.20. The Labute approximate surface area is 344 Å². The van der Waals surface area contributed by atoms with Crippen molar-refractivity contribution in [2.24, 2.45) is 33.9 Å². The van der Waals surface area contributed by atoms with Crippen LogP contribution in [0.15, 0.2) is 77.1 Å². The quantitative estimate of drug-likeness (QED) is 0.172. The molecular weight excluding hydrogens is 745 g/mol. The van der Waals surface area contributed by atoms with Gasteiger partial charge in [0, 0.05) is 61.2 Å². The lowest BCUT2D eigenvalue weighted by Crippen LogP contribution is -2.47. The Morgan fingerprint density at radius 2 is 1.92 bits per heavy atom. The maximum Gasteiger partial charge on any atom is 0.187 e. The third-order valence-corrected chi connectivity index (χ3v) is 13.9.